The summed E-state index contributed by atoms with van der Waals surface area (Å²) in [6, 6.07) is 58.5. The van der Waals surface area contributed by atoms with Crippen molar-refractivity contribution in [3.05, 3.63) is 192 Å². The van der Waals surface area contributed by atoms with Gasteiger partial charge in [-0.25, -0.2) is 0 Å². The van der Waals surface area contributed by atoms with Gasteiger partial charge in [-0.3, -0.25) is 0 Å². The molecular formula is C50H38Ir2N2-2. The van der Waals surface area contributed by atoms with Crippen molar-refractivity contribution in [1.29, 1.82) is 0 Å². The molecule has 0 amide bonds. The van der Waals surface area contributed by atoms with Crippen molar-refractivity contribution in [2.24, 2.45) is 0 Å². The minimum atomic E-state index is 0. The number of rotatable bonds is 7. The van der Waals surface area contributed by atoms with Crippen LogP contribution in [0, 0.1) is 39.8 Å². The number of nitrogens with zero attached hydrogens (tertiary/aromatic N) is 2. The fourth-order valence-electron chi connectivity index (χ4n) is 7.21. The van der Waals surface area contributed by atoms with E-state index >= 15 is 0 Å². The second-order valence-corrected chi connectivity index (χ2v) is 13.6. The van der Waals surface area contributed by atoms with Crippen LogP contribution < -0.4 is 0 Å². The molecule has 2 aromatic heterocycles. The first-order valence-corrected chi connectivity index (χ1v) is 17.7. The third-order valence-corrected chi connectivity index (χ3v) is 9.77. The van der Waals surface area contributed by atoms with Gasteiger partial charge in [0.25, 0.3) is 0 Å². The zero-order valence-corrected chi connectivity index (χ0v) is 35.4. The molecule has 0 bridgehead atoms. The van der Waals surface area contributed by atoms with E-state index in [0.717, 1.165) is 55.9 Å². The number of pyridine rings is 2. The van der Waals surface area contributed by atoms with Gasteiger partial charge >= 0.3 is 0 Å². The minimum Gasteiger partial charge on any atom is -0.304 e. The van der Waals surface area contributed by atoms with Gasteiger partial charge in [0.05, 0.1) is 0 Å². The van der Waals surface area contributed by atoms with Crippen molar-refractivity contribution >= 4 is 0 Å². The maximum Gasteiger partial charge on any atom is 0.0242 e. The third-order valence-electron chi connectivity index (χ3n) is 9.77. The minimum absolute atomic E-state index is 0. The van der Waals surface area contributed by atoms with E-state index in [4.69, 9.17) is 9.97 Å². The Morgan fingerprint density at radius 1 is 0.389 bits per heavy atom. The van der Waals surface area contributed by atoms with Crippen LogP contribution in [0.25, 0.3) is 78.1 Å². The van der Waals surface area contributed by atoms with Gasteiger partial charge in [0.15, 0.2) is 0 Å². The van der Waals surface area contributed by atoms with Crippen LogP contribution in [-0.4, -0.2) is 9.97 Å². The van der Waals surface area contributed by atoms with Gasteiger partial charge in [0.1, 0.15) is 0 Å². The average Bonchev–Trinajstić information content (AvgIpc) is 3.18. The summed E-state index contributed by atoms with van der Waals surface area (Å²) in [6.45, 7) is 8.62. The summed E-state index contributed by atoms with van der Waals surface area (Å²) in [5, 5.41) is 0. The molecule has 2 heterocycles. The van der Waals surface area contributed by atoms with Crippen molar-refractivity contribution in [2.45, 2.75) is 27.7 Å². The molecule has 0 aliphatic carbocycles. The normalized spacial score (nSPS) is 10.7. The molecule has 0 aliphatic heterocycles. The van der Waals surface area contributed by atoms with Crippen LogP contribution in [0.5, 0.6) is 0 Å². The van der Waals surface area contributed by atoms with Crippen LogP contribution in [0.1, 0.15) is 22.3 Å². The molecule has 0 atom stereocenters. The first-order valence-electron chi connectivity index (χ1n) is 17.7. The zero-order valence-electron chi connectivity index (χ0n) is 30.6. The van der Waals surface area contributed by atoms with Gasteiger partial charge < -0.3 is 9.97 Å². The summed E-state index contributed by atoms with van der Waals surface area (Å²) < 4.78 is 0. The number of aryl methyl sites for hydroxylation is 4. The Morgan fingerprint density at radius 2 is 0.833 bits per heavy atom. The molecule has 2 radical (unpaired) electrons. The SMILES string of the molecule is Cc1cc(C)cc(-c2c(-c3c[c-]c(-c4cc(C)c(-c5ccccc5)cn4)cc3)cccc2-c2c[c-]c(-c3cc(C)c(-c4ccccc4)cn3)cc2)c1.[Ir].[Ir]. The molecule has 0 fully saturated rings. The maximum absolute atomic E-state index is 4.84. The van der Waals surface area contributed by atoms with E-state index in [9.17, 15) is 0 Å². The summed E-state index contributed by atoms with van der Waals surface area (Å²) in [5.41, 5.74) is 20.2. The maximum atomic E-state index is 4.84. The molecule has 0 spiro atoms. The van der Waals surface area contributed by atoms with E-state index in [-0.39, 0.29) is 40.2 Å². The van der Waals surface area contributed by atoms with Gasteiger partial charge in [-0.15, -0.1) is 59.7 Å². The second kappa shape index (κ2) is 16.9. The summed E-state index contributed by atoms with van der Waals surface area (Å²) in [4.78, 5) is 9.68. The Bertz CT molecular complexity index is 2360. The predicted octanol–water partition coefficient (Wildman–Crippen LogP) is 13.0. The molecule has 54 heavy (non-hydrogen) atoms. The molecule has 268 valence electrons. The quantitative estimate of drug-likeness (QED) is 0.149. The summed E-state index contributed by atoms with van der Waals surface area (Å²) in [6.07, 6.45) is 3.95. The van der Waals surface area contributed by atoms with E-state index in [2.05, 4.69) is 173 Å². The molecule has 8 aromatic rings. The fourth-order valence-corrected chi connectivity index (χ4v) is 7.21. The van der Waals surface area contributed by atoms with Crippen LogP contribution in [-0.2, 0) is 40.2 Å². The smallest absolute Gasteiger partial charge is 0.0242 e. The monoisotopic (exact) mass is 1050 g/mol. The number of hydrogen-bond acceptors (Lipinski definition) is 2. The summed E-state index contributed by atoms with van der Waals surface area (Å²) in [7, 11) is 0. The molecular weight excluding hydrogens is 1010 g/mol. The third kappa shape index (κ3) is 8.04. The van der Waals surface area contributed by atoms with Crippen LogP contribution in [0.15, 0.2) is 158 Å². The van der Waals surface area contributed by atoms with Crippen molar-refractivity contribution in [3.63, 3.8) is 0 Å². The molecule has 0 saturated heterocycles. The molecule has 0 unspecified atom stereocenters. The van der Waals surface area contributed by atoms with E-state index in [1.165, 1.54) is 44.5 Å². The van der Waals surface area contributed by atoms with E-state index in [0.29, 0.717) is 0 Å². The second-order valence-electron chi connectivity index (χ2n) is 13.6. The molecule has 4 heteroatoms. The van der Waals surface area contributed by atoms with Crippen molar-refractivity contribution < 1.29 is 40.2 Å². The molecule has 8 rings (SSSR count). The first-order chi connectivity index (χ1) is 25.4. The van der Waals surface area contributed by atoms with Crippen LogP contribution in [0.2, 0.25) is 0 Å². The van der Waals surface area contributed by atoms with Crippen molar-refractivity contribution in [1.82, 2.24) is 9.97 Å². The van der Waals surface area contributed by atoms with Crippen molar-refractivity contribution in [3.8, 4) is 78.1 Å². The number of benzene rings is 6. The average molecular weight is 1050 g/mol. The van der Waals surface area contributed by atoms with Crippen LogP contribution >= 0.6 is 0 Å². The van der Waals surface area contributed by atoms with Gasteiger partial charge in [-0.05, 0) is 72.5 Å². The first kappa shape index (κ1) is 38.6. The Balaban J connectivity index is 0.00000249. The zero-order chi connectivity index (χ0) is 35.6. The summed E-state index contributed by atoms with van der Waals surface area (Å²) in [5.74, 6) is 0. The Hall–Kier alpha value is -5.08. The number of aromatic nitrogens is 2. The van der Waals surface area contributed by atoms with Gasteiger partial charge in [-0.1, -0.05) is 143 Å². The van der Waals surface area contributed by atoms with Gasteiger partial charge in [-0.2, -0.15) is 0 Å². The standard InChI is InChI=1S/C50H38N2.2Ir/c1-33-26-34(2)28-43(27-33)50-44(39-18-22-41(23-19-39)48-29-35(3)46(31-51-48)37-12-7-5-8-13-37)16-11-17-45(50)40-20-24-42(25-21-40)49-30-36(4)47(32-52-49)38-14-9-6-10-15-38;;/h5-22,24,26-32H,1-4H3;;/q-2;;. The molecule has 0 aliphatic rings. The Kier molecular flexibility index (Phi) is 12.1. The fraction of sp³-hybridized carbons (Fsp3) is 0.0800. The molecule has 6 aromatic carbocycles. The largest absolute Gasteiger partial charge is 0.304 e. The van der Waals surface area contributed by atoms with Crippen LogP contribution in [0.4, 0.5) is 0 Å². The van der Waals surface area contributed by atoms with Gasteiger partial charge in [0, 0.05) is 63.7 Å². The van der Waals surface area contributed by atoms with E-state index in [1.54, 1.807) is 0 Å². The molecule has 2 nitrogen and oxygen atoms in total. The topological polar surface area (TPSA) is 25.8 Å². The Morgan fingerprint density at radius 3 is 1.22 bits per heavy atom. The number of hydrogen-bond donors (Lipinski definition) is 0. The van der Waals surface area contributed by atoms with Crippen molar-refractivity contribution in [2.75, 3.05) is 0 Å². The molecule has 0 N–H and O–H groups in total. The summed E-state index contributed by atoms with van der Waals surface area (Å²) >= 11 is 0. The van der Waals surface area contributed by atoms with E-state index in [1.807, 2.05) is 24.5 Å². The van der Waals surface area contributed by atoms with E-state index < -0.39 is 0 Å². The van der Waals surface area contributed by atoms with Gasteiger partial charge in [0.2, 0.25) is 0 Å². The Labute approximate surface area is 346 Å². The molecule has 0 saturated carbocycles. The predicted molar refractivity (Wildman–Crippen MR) is 217 cm³/mol. The van der Waals surface area contributed by atoms with Crippen LogP contribution in [0.3, 0.4) is 0 Å².